The van der Waals surface area contributed by atoms with E-state index in [4.69, 9.17) is 5.73 Å². The van der Waals surface area contributed by atoms with Gasteiger partial charge in [0.05, 0.1) is 6.04 Å². The Morgan fingerprint density at radius 3 is 2.50 bits per heavy atom. The monoisotopic (exact) mass is 297 g/mol. The van der Waals surface area contributed by atoms with Gasteiger partial charge in [-0.15, -0.1) is 0 Å². The highest BCUT2D eigenvalue weighted by molar-refractivity contribution is 6.02. The fraction of sp³-hybridized carbons (Fsp3) is 0.176. The highest BCUT2D eigenvalue weighted by Gasteiger charge is 2.16. The number of benzene rings is 2. The van der Waals surface area contributed by atoms with Gasteiger partial charge < -0.3 is 11.1 Å². The summed E-state index contributed by atoms with van der Waals surface area (Å²) in [7, 11) is 0. The van der Waals surface area contributed by atoms with Gasteiger partial charge in [0.15, 0.2) is 0 Å². The minimum Gasteiger partial charge on any atom is -0.320 e. The van der Waals surface area contributed by atoms with Crippen LogP contribution in [-0.2, 0) is 11.2 Å². The van der Waals surface area contributed by atoms with Gasteiger partial charge in [0.1, 0.15) is 0 Å². The van der Waals surface area contributed by atoms with Crippen molar-refractivity contribution >= 4 is 17.6 Å². The maximum absolute atomic E-state index is 11.9. The van der Waals surface area contributed by atoms with Crippen molar-refractivity contribution in [2.45, 2.75) is 19.4 Å². The number of imide groups is 1. The van der Waals surface area contributed by atoms with Gasteiger partial charge >= 0.3 is 6.03 Å². The number of nitrogens with one attached hydrogen (secondary N) is 2. The smallest absolute Gasteiger partial charge is 0.320 e. The van der Waals surface area contributed by atoms with Crippen molar-refractivity contribution < 1.29 is 9.59 Å². The van der Waals surface area contributed by atoms with Crippen molar-refractivity contribution in [3.8, 4) is 0 Å². The maximum Gasteiger partial charge on any atom is 0.325 e. The molecular weight excluding hydrogens is 278 g/mol. The van der Waals surface area contributed by atoms with E-state index >= 15 is 0 Å². The van der Waals surface area contributed by atoms with E-state index in [-0.39, 0.29) is 0 Å². The molecule has 114 valence electrons. The minimum atomic E-state index is -0.773. The molecule has 5 nitrogen and oxygen atoms in total. The lowest BCUT2D eigenvalue weighted by Gasteiger charge is -2.12. The van der Waals surface area contributed by atoms with Crippen LogP contribution in [-0.4, -0.2) is 18.0 Å². The molecule has 0 unspecified atom stereocenters. The molecule has 1 atom stereocenters. The zero-order valence-corrected chi connectivity index (χ0v) is 12.4. The van der Waals surface area contributed by atoms with Crippen molar-refractivity contribution in [1.29, 1.82) is 0 Å². The molecule has 4 N–H and O–H groups in total. The van der Waals surface area contributed by atoms with Crippen molar-refractivity contribution in [1.82, 2.24) is 5.32 Å². The summed E-state index contributed by atoms with van der Waals surface area (Å²) in [4.78, 5) is 23.7. The van der Waals surface area contributed by atoms with Crippen LogP contribution in [0, 0.1) is 6.92 Å². The molecule has 0 aliphatic heterocycles. The standard InChI is InChI=1S/C17H19N3O2/c1-12-6-5-9-14(10-12)19-17(22)20-16(21)15(18)11-13-7-3-2-4-8-13/h2-10,15H,11,18H2,1H3,(H2,19,20,21,22)/t15-/m0/s1. The molecule has 2 rings (SSSR count). The first-order chi connectivity index (χ1) is 10.5. The van der Waals surface area contributed by atoms with Crippen molar-refractivity contribution in [3.63, 3.8) is 0 Å². The normalized spacial score (nSPS) is 11.5. The van der Waals surface area contributed by atoms with Crippen molar-refractivity contribution in [2.75, 3.05) is 5.32 Å². The third kappa shape index (κ3) is 4.71. The summed E-state index contributed by atoms with van der Waals surface area (Å²) >= 11 is 0. The molecular formula is C17H19N3O2. The van der Waals surface area contributed by atoms with Gasteiger partial charge in [-0.1, -0.05) is 42.5 Å². The third-order valence-corrected chi connectivity index (χ3v) is 3.15. The van der Waals surface area contributed by atoms with Crippen LogP contribution < -0.4 is 16.4 Å². The van der Waals surface area contributed by atoms with E-state index in [0.29, 0.717) is 12.1 Å². The average molecular weight is 297 g/mol. The van der Waals surface area contributed by atoms with Crippen LogP contribution in [0.4, 0.5) is 10.5 Å². The van der Waals surface area contributed by atoms with E-state index in [2.05, 4.69) is 10.6 Å². The van der Waals surface area contributed by atoms with Gasteiger partial charge in [-0.2, -0.15) is 0 Å². The molecule has 2 aromatic rings. The topological polar surface area (TPSA) is 84.2 Å². The zero-order chi connectivity index (χ0) is 15.9. The summed E-state index contributed by atoms with van der Waals surface area (Å²) in [5.74, 6) is -0.506. The summed E-state index contributed by atoms with van der Waals surface area (Å²) in [6.07, 6.45) is 0.379. The second-order valence-corrected chi connectivity index (χ2v) is 5.11. The lowest BCUT2D eigenvalue weighted by molar-refractivity contribution is -0.121. The van der Waals surface area contributed by atoms with Gasteiger partial charge in [0, 0.05) is 5.69 Å². The van der Waals surface area contributed by atoms with Crippen LogP contribution in [0.3, 0.4) is 0 Å². The number of anilines is 1. The molecule has 0 saturated carbocycles. The molecule has 3 amide bonds. The Morgan fingerprint density at radius 2 is 1.82 bits per heavy atom. The lowest BCUT2D eigenvalue weighted by atomic mass is 10.1. The number of rotatable bonds is 4. The Bertz CT molecular complexity index is 656. The Kier molecular flexibility index (Phi) is 5.27. The fourth-order valence-corrected chi connectivity index (χ4v) is 2.05. The highest BCUT2D eigenvalue weighted by atomic mass is 16.2. The van der Waals surface area contributed by atoms with Crippen molar-refractivity contribution in [3.05, 3.63) is 65.7 Å². The van der Waals surface area contributed by atoms with Gasteiger partial charge in [0.25, 0.3) is 0 Å². The highest BCUT2D eigenvalue weighted by Crippen LogP contribution is 2.09. The van der Waals surface area contributed by atoms with Crippen LogP contribution in [0.2, 0.25) is 0 Å². The Hall–Kier alpha value is -2.66. The van der Waals surface area contributed by atoms with Gasteiger partial charge in [-0.05, 0) is 36.6 Å². The maximum atomic E-state index is 11.9. The number of hydrogen-bond acceptors (Lipinski definition) is 3. The predicted molar refractivity (Wildman–Crippen MR) is 86.5 cm³/mol. The largest absolute Gasteiger partial charge is 0.325 e. The van der Waals surface area contributed by atoms with Crippen LogP contribution in [0.5, 0.6) is 0 Å². The number of amides is 3. The molecule has 0 spiro atoms. The Labute approximate surface area is 129 Å². The number of carbonyl (C=O) groups excluding carboxylic acids is 2. The quantitative estimate of drug-likeness (QED) is 0.809. The Balaban J connectivity index is 1.87. The average Bonchev–Trinajstić information content (AvgIpc) is 2.48. The number of nitrogens with two attached hydrogens (primary N) is 1. The van der Waals surface area contributed by atoms with E-state index in [9.17, 15) is 9.59 Å². The molecule has 0 radical (unpaired) electrons. The summed E-state index contributed by atoms with van der Waals surface area (Å²) < 4.78 is 0. The lowest BCUT2D eigenvalue weighted by Crippen LogP contribution is -2.46. The van der Waals surface area contributed by atoms with Gasteiger partial charge in [-0.25, -0.2) is 4.79 Å². The summed E-state index contributed by atoms with van der Waals surface area (Å²) in [5, 5.41) is 4.86. The first-order valence-corrected chi connectivity index (χ1v) is 7.02. The SMILES string of the molecule is Cc1cccc(NC(=O)NC(=O)[C@@H](N)Cc2ccccc2)c1. The number of aryl methyl sites for hydroxylation is 1. The van der Waals surface area contributed by atoms with Crippen molar-refractivity contribution in [2.24, 2.45) is 5.73 Å². The predicted octanol–water partition coefficient (Wildman–Crippen LogP) is 2.21. The fourth-order valence-electron chi connectivity index (χ4n) is 2.05. The molecule has 5 heteroatoms. The zero-order valence-electron chi connectivity index (χ0n) is 12.4. The van der Waals surface area contributed by atoms with Gasteiger partial charge in [-0.3, -0.25) is 10.1 Å². The molecule has 0 aliphatic carbocycles. The molecule has 22 heavy (non-hydrogen) atoms. The van der Waals surface area contributed by atoms with E-state index in [1.807, 2.05) is 55.5 Å². The second-order valence-electron chi connectivity index (χ2n) is 5.11. The van der Waals surface area contributed by atoms with E-state index in [1.54, 1.807) is 6.07 Å². The summed E-state index contributed by atoms with van der Waals surface area (Å²) in [5.41, 5.74) is 8.42. The van der Waals surface area contributed by atoms with Crippen LogP contribution in [0.25, 0.3) is 0 Å². The van der Waals surface area contributed by atoms with Gasteiger partial charge in [0.2, 0.25) is 5.91 Å². The molecule has 2 aromatic carbocycles. The molecule has 0 bridgehead atoms. The summed E-state index contributed by atoms with van der Waals surface area (Å²) in [6, 6.07) is 15.4. The summed E-state index contributed by atoms with van der Waals surface area (Å²) in [6.45, 7) is 1.92. The van der Waals surface area contributed by atoms with Crippen LogP contribution in [0.15, 0.2) is 54.6 Å². The first kappa shape index (κ1) is 15.7. The molecule has 0 saturated heterocycles. The Morgan fingerprint density at radius 1 is 1.09 bits per heavy atom. The number of carbonyl (C=O) groups is 2. The van der Waals surface area contributed by atoms with E-state index < -0.39 is 18.0 Å². The third-order valence-electron chi connectivity index (χ3n) is 3.15. The van der Waals surface area contributed by atoms with E-state index in [1.165, 1.54) is 0 Å². The molecule has 0 aromatic heterocycles. The molecule has 0 aliphatic rings. The molecule has 0 fully saturated rings. The molecule has 0 heterocycles. The first-order valence-electron chi connectivity index (χ1n) is 7.02. The van der Waals surface area contributed by atoms with Crippen LogP contribution in [0.1, 0.15) is 11.1 Å². The van der Waals surface area contributed by atoms with Crippen LogP contribution >= 0.6 is 0 Å². The number of urea groups is 1. The number of hydrogen-bond donors (Lipinski definition) is 3. The minimum absolute atomic E-state index is 0.379. The second kappa shape index (κ2) is 7.38. The van der Waals surface area contributed by atoms with E-state index in [0.717, 1.165) is 11.1 Å².